The molecule has 6 aromatic carbocycles. The van der Waals surface area contributed by atoms with E-state index >= 15 is 0 Å². The third-order valence-electron chi connectivity index (χ3n) is 10.4. The average Bonchev–Trinajstić information content (AvgIpc) is 3.15. The van der Waals surface area contributed by atoms with E-state index in [1.807, 2.05) is 0 Å². The molecular formula is C46H44O2P2. The van der Waals surface area contributed by atoms with Gasteiger partial charge in [0.2, 0.25) is 0 Å². The molecule has 3 atom stereocenters. The summed E-state index contributed by atoms with van der Waals surface area (Å²) in [5.74, 6) is 2.37. The predicted molar refractivity (Wildman–Crippen MR) is 214 cm³/mol. The lowest BCUT2D eigenvalue weighted by Gasteiger charge is -2.43. The number of aryl methyl sites for hydroxylation is 2. The number of rotatable bonds is 8. The Labute approximate surface area is 299 Å². The fourth-order valence-electron chi connectivity index (χ4n) is 8.29. The van der Waals surface area contributed by atoms with Crippen molar-refractivity contribution in [1.82, 2.24) is 0 Å². The van der Waals surface area contributed by atoms with Gasteiger partial charge in [-0.3, -0.25) is 0 Å². The Bertz CT molecular complexity index is 1990. The summed E-state index contributed by atoms with van der Waals surface area (Å²) < 4.78 is 7.36. The molecule has 0 aromatic heterocycles. The zero-order chi connectivity index (χ0) is 34.0. The van der Waals surface area contributed by atoms with Gasteiger partial charge in [0.15, 0.2) is 0 Å². The summed E-state index contributed by atoms with van der Waals surface area (Å²) in [4.78, 5) is 0. The molecule has 250 valence electrons. The number of phenolic OH excluding ortho intramolecular Hbond substituents is 1. The smallest absolute Gasteiger partial charge is 0.131 e. The molecule has 2 unspecified atom stereocenters. The molecule has 1 aliphatic carbocycles. The molecule has 1 N–H and O–H groups in total. The van der Waals surface area contributed by atoms with Gasteiger partial charge >= 0.3 is 0 Å². The predicted octanol–water partition coefficient (Wildman–Crippen LogP) is 8.49. The van der Waals surface area contributed by atoms with Gasteiger partial charge in [0.05, 0.1) is 0 Å². The van der Waals surface area contributed by atoms with Crippen molar-refractivity contribution in [3.63, 3.8) is 0 Å². The van der Waals surface area contributed by atoms with Crippen LogP contribution >= 0.6 is 15.8 Å². The maximum Gasteiger partial charge on any atom is 0.131 e. The van der Waals surface area contributed by atoms with Crippen molar-refractivity contribution in [2.75, 3.05) is 0 Å². The summed E-state index contributed by atoms with van der Waals surface area (Å²) >= 11 is 0. The van der Waals surface area contributed by atoms with Gasteiger partial charge in [-0.15, -0.1) is 0 Å². The highest BCUT2D eigenvalue weighted by Gasteiger charge is 2.41. The van der Waals surface area contributed by atoms with Crippen LogP contribution in [0, 0.1) is 25.7 Å². The van der Waals surface area contributed by atoms with Gasteiger partial charge in [-0.1, -0.05) is 140 Å². The Balaban J connectivity index is 1.17. The lowest BCUT2D eigenvalue weighted by Crippen LogP contribution is -2.44. The van der Waals surface area contributed by atoms with E-state index in [9.17, 15) is 5.11 Å². The van der Waals surface area contributed by atoms with Crippen LogP contribution in [0.4, 0.5) is 0 Å². The molecule has 2 nitrogen and oxygen atoms in total. The molecule has 1 saturated carbocycles. The van der Waals surface area contributed by atoms with Crippen molar-refractivity contribution in [3.05, 3.63) is 168 Å². The first-order chi connectivity index (χ1) is 24.5. The van der Waals surface area contributed by atoms with Gasteiger partial charge in [0, 0.05) is 22.4 Å². The van der Waals surface area contributed by atoms with Crippen LogP contribution in [0.25, 0.3) is 0 Å². The zero-order valence-corrected chi connectivity index (χ0v) is 30.7. The van der Waals surface area contributed by atoms with Crippen molar-refractivity contribution >= 4 is 47.7 Å². The molecular weight excluding hydrogens is 646 g/mol. The fraction of sp³-hybridized carbons (Fsp3) is 0.217. The summed E-state index contributed by atoms with van der Waals surface area (Å²) in [5, 5.41) is 19.7. The number of aromatic hydroxyl groups is 1. The number of hydrogen-bond donors (Lipinski definition) is 1. The maximum absolute atomic E-state index is 12.2. The van der Waals surface area contributed by atoms with Gasteiger partial charge in [-0.25, -0.2) is 0 Å². The van der Waals surface area contributed by atoms with Crippen LogP contribution in [-0.2, 0) is 12.8 Å². The summed E-state index contributed by atoms with van der Waals surface area (Å²) in [6.45, 7) is 4.41. The van der Waals surface area contributed by atoms with Gasteiger partial charge in [-0.2, -0.15) is 0 Å². The first kappa shape index (κ1) is 33.0. The second kappa shape index (κ2) is 14.6. The molecule has 1 aliphatic heterocycles. The minimum Gasteiger partial charge on any atom is -0.507 e. The molecule has 0 spiro atoms. The molecule has 0 bridgehead atoms. The molecule has 1 fully saturated rings. The summed E-state index contributed by atoms with van der Waals surface area (Å²) in [5.41, 5.74) is 4.92. The van der Waals surface area contributed by atoms with Gasteiger partial charge in [-0.05, 0) is 111 Å². The van der Waals surface area contributed by atoms with Crippen LogP contribution in [0.1, 0.15) is 41.5 Å². The largest absolute Gasteiger partial charge is 0.507 e. The number of fused-ring (bicyclic) bond motifs is 2. The highest BCUT2D eigenvalue weighted by Crippen LogP contribution is 2.47. The van der Waals surface area contributed by atoms with E-state index in [1.165, 1.54) is 56.1 Å². The molecule has 8 rings (SSSR count). The van der Waals surface area contributed by atoms with Crippen LogP contribution < -0.4 is 36.6 Å². The highest BCUT2D eigenvalue weighted by molar-refractivity contribution is 7.80. The fourth-order valence-corrected chi connectivity index (χ4v) is 13.3. The number of benzene rings is 6. The second-order valence-corrected chi connectivity index (χ2v) is 18.4. The Morgan fingerprint density at radius 1 is 0.600 bits per heavy atom. The van der Waals surface area contributed by atoms with Crippen LogP contribution in [0.3, 0.4) is 0 Å². The maximum atomic E-state index is 12.2. The van der Waals surface area contributed by atoms with Crippen molar-refractivity contribution in [2.24, 2.45) is 11.8 Å². The SMILES string of the molecule is Cc1cc(C[C@H]2CCCC3Cc4cc(C)cc(P(c5ccccc5)c5ccccc5)c4OC32)c(O)c(P(c2ccccc2)c2ccccc2)c1. The number of ether oxygens (including phenoxy) is 1. The quantitative estimate of drug-likeness (QED) is 0.163. The summed E-state index contributed by atoms with van der Waals surface area (Å²) in [7, 11) is -1.70. The van der Waals surface area contributed by atoms with E-state index in [1.54, 1.807) is 0 Å². The minimum absolute atomic E-state index is 0.120. The lowest BCUT2D eigenvalue weighted by atomic mass is 9.72. The van der Waals surface area contributed by atoms with Crippen molar-refractivity contribution < 1.29 is 9.84 Å². The first-order valence-electron chi connectivity index (χ1n) is 18.0. The van der Waals surface area contributed by atoms with E-state index in [4.69, 9.17) is 4.74 Å². The Morgan fingerprint density at radius 3 is 1.62 bits per heavy atom. The van der Waals surface area contributed by atoms with Crippen LogP contribution in [-0.4, -0.2) is 11.2 Å². The van der Waals surface area contributed by atoms with E-state index in [-0.39, 0.29) is 6.10 Å². The topological polar surface area (TPSA) is 29.5 Å². The van der Waals surface area contributed by atoms with Gasteiger partial charge < -0.3 is 9.84 Å². The molecule has 2 aliphatic rings. The monoisotopic (exact) mass is 690 g/mol. The third-order valence-corrected chi connectivity index (χ3v) is 15.3. The van der Waals surface area contributed by atoms with Crippen molar-refractivity contribution in [3.8, 4) is 11.5 Å². The standard InChI is InChI=1S/C46H44O2P2/c1-32-26-36(44(47)42(28-32)49(38-18-7-3-8-19-38)39-20-9-4-10-21-39)30-34-16-15-17-35-31-37-27-33(2)29-43(46(37)48-45(34)35)50(40-22-11-5-12-23-40)41-24-13-6-14-25-41/h3-14,18-29,34-35,45,47H,15-17,30-31H2,1-2H3/t34-,35?,45?/m1/s1. The first-order valence-corrected chi connectivity index (χ1v) is 20.6. The zero-order valence-electron chi connectivity index (χ0n) is 28.9. The van der Waals surface area contributed by atoms with Crippen molar-refractivity contribution in [1.29, 1.82) is 0 Å². The average molecular weight is 691 g/mol. The summed E-state index contributed by atoms with van der Waals surface area (Å²) in [6, 6.07) is 52.6. The highest BCUT2D eigenvalue weighted by atomic mass is 31.1. The van der Waals surface area contributed by atoms with Crippen LogP contribution in [0.15, 0.2) is 146 Å². The molecule has 0 radical (unpaired) electrons. The van der Waals surface area contributed by atoms with Crippen LogP contribution in [0.5, 0.6) is 11.5 Å². The molecule has 6 aromatic rings. The van der Waals surface area contributed by atoms with Crippen molar-refractivity contribution in [2.45, 2.75) is 52.1 Å². The van der Waals surface area contributed by atoms with E-state index < -0.39 is 15.8 Å². The van der Waals surface area contributed by atoms with Gasteiger partial charge in [0.1, 0.15) is 17.6 Å². The second-order valence-electron chi connectivity index (χ2n) is 14.0. The third kappa shape index (κ3) is 6.65. The lowest BCUT2D eigenvalue weighted by molar-refractivity contribution is 0.0253. The Morgan fingerprint density at radius 2 is 1.08 bits per heavy atom. The molecule has 0 amide bonds. The normalized spacial score (nSPS) is 18.4. The molecule has 0 saturated heterocycles. The minimum atomic E-state index is -0.911. The molecule has 1 heterocycles. The molecule has 4 heteroatoms. The van der Waals surface area contributed by atoms with Crippen LogP contribution in [0.2, 0.25) is 0 Å². The Kier molecular flexibility index (Phi) is 9.60. The molecule has 50 heavy (non-hydrogen) atoms. The summed E-state index contributed by atoms with van der Waals surface area (Å²) in [6.07, 6.45) is 5.49. The number of phenols is 1. The Hall–Kier alpha value is -4.22. The van der Waals surface area contributed by atoms with Gasteiger partial charge in [0.25, 0.3) is 0 Å². The number of hydrogen-bond acceptors (Lipinski definition) is 2. The van der Waals surface area contributed by atoms with E-state index in [2.05, 4.69) is 159 Å². The van der Waals surface area contributed by atoms with E-state index in [0.717, 1.165) is 35.9 Å². The van der Waals surface area contributed by atoms with E-state index in [0.29, 0.717) is 17.6 Å².